The smallest absolute Gasteiger partial charge is 0.317 e. The SMILES string of the molecule is CCN(CC(C)(C)O)C(=O)NCc1ccc(COC)cc1. The van der Waals surface area contributed by atoms with Crippen LogP contribution in [0.3, 0.4) is 0 Å². The molecule has 1 rings (SSSR count). The molecule has 0 aromatic heterocycles. The van der Waals surface area contributed by atoms with Crippen LogP contribution in [0.2, 0.25) is 0 Å². The lowest BCUT2D eigenvalue weighted by Gasteiger charge is -2.28. The van der Waals surface area contributed by atoms with E-state index in [2.05, 4.69) is 5.32 Å². The van der Waals surface area contributed by atoms with E-state index in [0.717, 1.165) is 11.1 Å². The van der Waals surface area contributed by atoms with Crippen LogP contribution in [0.4, 0.5) is 4.79 Å². The molecule has 0 unspecified atom stereocenters. The van der Waals surface area contributed by atoms with E-state index in [9.17, 15) is 9.90 Å². The van der Waals surface area contributed by atoms with Gasteiger partial charge in [0, 0.05) is 20.2 Å². The van der Waals surface area contributed by atoms with Crippen LogP contribution >= 0.6 is 0 Å². The maximum Gasteiger partial charge on any atom is 0.317 e. The summed E-state index contributed by atoms with van der Waals surface area (Å²) in [7, 11) is 1.66. The number of carbonyl (C=O) groups is 1. The fourth-order valence-electron chi connectivity index (χ4n) is 2.00. The van der Waals surface area contributed by atoms with Gasteiger partial charge in [-0.05, 0) is 31.9 Å². The molecule has 21 heavy (non-hydrogen) atoms. The normalized spacial score (nSPS) is 11.3. The second-order valence-corrected chi connectivity index (χ2v) is 5.73. The summed E-state index contributed by atoms with van der Waals surface area (Å²) in [5.41, 5.74) is 1.24. The number of nitrogens with zero attached hydrogens (tertiary/aromatic N) is 1. The van der Waals surface area contributed by atoms with Gasteiger partial charge in [-0.3, -0.25) is 0 Å². The van der Waals surface area contributed by atoms with Gasteiger partial charge in [-0.2, -0.15) is 0 Å². The monoisotopic (exact) mass is 294 g/mol. The summed E-state index contributed by atoms with van der Waals surface area (Å²) in [5, 5.41) is 12.7. The summed E-state index contributed by atoms with van der Waals surface area (Å²) in [6, 6.07) is 7.75. The van der Waals surface area contributed by atoms with Crippen LogP contribution in [-0.2, 0) is 17.9 Å². The summed E-state index contributed by atoms with van der Waals surface area (Å²) < 4.78 is 5.06. The molecule has 2 amide bonds. The van der Waals surface area contributed by atoms with E-state index in [1.165, 1.54) is 0 Å². The van der Waals surface area contributed by atoms with Gasteiger partial charge in [-0.15, -0.1) is 0 Å². The first-order chi connectivity index (χ1) is 9.85. The Labute approximate surface area is 126 Å². The largest absolute Gasteiger partial charge is 0.389 e. The summed E-state index contributed by atoms with van der Waals surface area (Å²) in [5.74, 6) is 0. The third kappa shape index (κ3) is 6.60. The first kappa shape index (κ1) is 17.5. The highest BCUT2D eigenvalue weighted by molar-refractivity contribution is 5.74. The molecule has 5 nitrogen and oxygen atoms in total. The van der Waals surface area contributed by atoms with Crippen molar-refractivity contribution in [2.45, 2.75) is 39.5 Å². The minimum absolute atomic E-state index is 0.166. The van der Waals surface area contributed by atoms with Crippen LogP contribution in [0.25, 0.3) is 0 Å². The van der Waals surface area contributed by atoms with E-state index in [4.69, 9.17) is 4.74 Å². The van der Waals surface area contributed by atoms with Gasteiger partial charge >= 0.3 is 6.03 Å². The first-order valence-corrected chi connectivity index (χ1v) is 7.17. The zero-order chi connectivity index (χ0) is 15.9. The molecule has 5 heteroatoms. The molecule has 2 N–H and O–H groups in total. The maximum atomic E-state index is 12.1. The molecule has 0 bridgehead atoms. The van der Waals surface area contributed by atoms with Crippen molar-refractivity contribution < 1.29 is 14.6 Å². The van der Waals surface area contributed by atoms with Gasteiger partial charge in [-0.1, -0.05) is 24.3 Å². The quantitative estimate of drug-likeness (QED) is 0.810. The van der Waals surface area contributed by atoms with Gasteiger partial charge in [0.1, 0.15) is 0 Å². The fourth-order valence-corrected chi connectivity index (χ4v) is 2.00. The van der Waals surface area contributed by atoms with E-state index >= 15 is 0 Å². The number of rotatable bonds is 7. The Morgan fingerprint density at radius 2 is 1.86 bits per heavy atom. The highest BCUT2D eigenvalue weighted by Crippen LogP contribution is 2.07. The average Bonchev–Trinajstić information content (AvgIpc) is 2.43. The number of nitrogens with one attached hydrogen (secondary N) is 1. The highest BCUT2D eigenvalue weighted by Gasteiger charge is 2.20. The van der Waals surface area contributed by atoms with Crippen molar-refractivity contribution >= 4 is 6.03 Å². The molecule has 0 spiro atoms. The van der Waals surface area contributed by atoms with Crippen LogP contribution in [0.1, 0.15) is 31.9 Å². The van der Waals surface area contributed by atoms with Crippen molar-refractivity contribution in [3.63, 3.8) is 0 Å². The lowest BCUT2D eigenvalue weighted by Crippen LogP contribution is -2.46. The fraction of sp³-hybridized carbons (Fsp3) is 0.562. The highest BCUT2D eigenvalue weighted by atomic mass is 16.5. The first-order valence-electron chi connectivity index (χ1n) is 7.17. The molecule has 0 heterocycles. The van der Waals surface area contributed by atoms with Crippen molar-refractivity contribution in [2.75, 3.05) is 20.2 Å². The molecule has 0 aliphatic heterocycles. The van der Waals surface area contributed by atoms with E-state index < -0.39 is 5.60 Å². The van der Waals surface area contributed by atoms with Gasteiger partial charge in [-0.25, -0.2) is 4.79 Å². The number of aliphatic hydroxyl groups is 1. The number of hydrogen-bond donors (Lipinski definition) is 2. The third-order valence-electron chi connectivity index (χ3n) is 3.02. The number of hydrogen-bond acceptors (Lipinski definition) is 3. The van der Waals surface area contributed by atoms with Crippen LogP contribution < -0.4 is 5.32 Å². The van der Waals surface area contributed by atoms with Crippen LogP contribution in [-0.4, -0.2) is 41.8 Å². The molecule has 0 radical (unpaired) electrons. The zero-order valence-electron chi connectivity index (χ0n) is 13.3. The summed E-state index contributed by atoms with van der Waals surface area (Å²) >= 11 is 0. The molecule has 1 aromatic rings. The Kier molecular flexibility index (Phi) is 6.65. The number of ether oxygens (including phenoxy) is 1. The molecule has 0 fully saturated rings. The van der Waals surface area contributed by atoms with Gasteiger partial charge in [0.25, 0.3) is 0 Å². The van der Waals surface area contributed by atoms with Crippen molar-refractivity contribution in [3.8, 4) is 0 Å². The van der Waals surface area contributed by atoms with Crippen molar-refractivity contribution in [1.82, 2.24) is 10.2 Å². The Balaban J connectivity index is 2.51. The summed E-state index contributed by atoms with van der Waals surface area (Å²) in [4.78, 5) is 13.7. The van der Waals surface area contributed by atoms with E-state index in [-0.39, 0.29) is 6.03 Å². The van der Waals surface area contributed by atoms with E-state index in [0.29, 0.717) is 26.2 Å². The predicted octanol–water partition coefficient (Wildman–Crippen LogP) is 2.14. The Bertz CT molecular complexity index is 438. The predicted molar refractivity (Wildman–Crippen MR) is 82.9 cm³/mol. The molecular weight excluding hydrogens is 268 g/mol. The second kappa shape index (κ2) is 8.00. The minimum atomic E-state index is -0.894. The van der Waals surface area contributed by atoms with Gasteiger partial charge < -0.3 is 20.1 Å². The lowest BCUT2D eigenvalue weighted by molar-refractivity contribution is 0.0480. The Morgan fingerprint density at radius 1 is 1.29 bits per heavy atom. The number of urea groups is 1. The Morgan fingerprint density at radius 3 is 2.33 bits per heavy atom. The van der Waals surface area contributed by atoms with Crippen molar-refractivity contribution in [1.29, 1.82) is 0 Å². The molecule has 0 saturated carbocycles. The maximum absolute atomic E-state index is 12.1. The second-order valence-electron chi connectivity index (χ2n) is 5.73. The van der Waals surface area contributed by atoms with Gasteiger partial charge in [0.05, 0.1) is 18.8 Å². The van der Waals surface area contributed by atoms with E-state index in [1.807, 2.05) is 31.2 Å². The number of carbonyl (C=O) groups excluding carboxylic acids is 1. The molecule has 118 valence electrons. The van der Waals surface area contributed by atoms with Crippen LogP contribution in [0.15, 0.2) is 24.3 Å². The topological polar surface area (TPSA) is 61.8 Å². The number of benzene rings is 1. The van der Waals surface area contributed by atoms with Crippen LogP contribution in [0.5, 0.6) is 0 Å². The zero-order valence-corrected chi connectivity index (χ0v) is 13.3. The number of amides is 2. The molecule has 0 aliphatic rings. The lowest BCUT2D eigenvalue weighted by atomic mass is 10.1. The number of methoxy groups -OCH3 is 1. The molecular formula is C16H26N2O3. The summed E-state index contributed by atoms with van der Waals surface area (Å²) in [6.07, 6.45) is 0. The molecule has 0 atom stereocenters. The van der Waals surface area contributed by atoms with Crippen molar-refractivity contribution in [3.05, 3.63) is 35.4 Å². The standard InChI is InChI=1S/C16H26N2O3/c1-5-18(12-16(2,3)20)15(19)17-10-13-6-8-14(9-7-13)11-21-4/h6-9,20H,5,10-12H2,1-4H3,(H,17,19). The molecule has 1 aromatic carbocycles. The van der Waals surface area contributed by atoms with Gasteiger partial charge in [0.15, 0.2) is 0 Å². The van der Waals surface area contributed by atoms with Gasteiger partial charge in [0.2, 0.25) is 0 Å². The minimum Gasteiger partial charge on any atom is -0.389 e. The Hall–Kier alpha value is -1.59. The average molecular weight is 294 g/mol. The third-order valence-corrected chi connectivity index (χ3v) is 3.02. The number of likely N-dealkylation sites (N-methyl/N-ethyl adjacent to an activating group) is 1. The van der Waals surface area contributed by atoms with Crippen LogP contribution in [0, 0.1) is 0 Å². The van der Waals surface area contributed by atoms with Crippen molar-refractivity contribution in [2.24, 2.45) is 0 Å². The molecule has 0 aliphatic carbocycles. The molecule has 0 saturated heterocycles. The summed E-state index contributed by atoms with van der Waals surface area (Å²) in [6.45, 7) is 7.20. The van der Waals surface area contributed by atoms with E-state index in [1.54, 1.807) is 25.9 Å².